The maximum atomic E-state index is 13.1. The second-order valence-corrected chi connectivity index (χ2v) is 11.1. The molecule has 34 heavy (non-hydrogen) atoms. The van der Waals surface area contributed by atoms with Crippen LogP contribution in [0.4, 0.5) is 0 Å². The molecular formula is C27H33N3O3S. The Hall–Kier alpha value is -2.74. The molecule has 1 amide bonds. The summed E-state index contributed by atoms with van der Waals surface area (Å²) in [6.45, 7) is 7.29. The summed E-state index contributed by atoms with van der Waals surface area (Å²) < 4.78 is 28.7. The molecule has 6 nitrogen and oxygen atoms in total. The van der Waals surface area contributed by atoms with E-state index >= 15 is 0 Å². The predicted octanol–water partition coefficient (Wildman–Crippen LogP) is 4.05. The van der Waals surface area contributed by atoms with Crippen LogP contribution < -0.4 is 10.0 Å². The van der Waals surface area contributed by atoms with Crippen molar-refractivity contribution in [1.82, 2.24) is 14.9 Å². The Morgan fingerprint density at radius 2 is 1.56 bits per heavy atom. The second kappa shape index (κ2) is 10.7. The van der Waals surface area contributed by atoms with E-state index in [9.17, 15) is 13.2 Å². The van der Waals surface area contributed by atoms with Gasteiger partial charge in [-0.05, 0) is 65.9 Å². The molecule has 180 valence electrons. The first kappa shape index (κ1) is 24.4. The Bertz CT molecular complexity index is 1230. The smallest absolute Gasteiger partial charge is 0.241 e. The van der Waals surface area contributed by atoms with E-state index in [1.807, 2.05) is 50.2 Å². The van der Waals surface area contributed by atoms with Gasteiger partial charge < -0.3 is 5.32 Å². The van der Waals surface area contributed by atoms with Crippen molar-refractivity contribution in [3.05, 3.63) is 77.9 Å². The maximum absolute atomic E-state index is 13.1. The van der Waals surface area contributed by atoms with Crippen LogP contribution >= 0.6 is 0 Å². The van der Waals surface area contributed by atoms with E-state index in [0.717, 1.165) is 36.0 Å². The zero-order valence-corrected chi connectivity index (χ0v) is 20.6. The number of hydrogen-bond donors (Lipinski definition) is 2. The van der Waals surface area contributed by atoms with Crippen LogP contribution in [0.1, 0.15) is 37.8 Å². The molecule has 2 N–H and O–H groups in total. The highest BCUT2D eigenvalue weighted by molar-refractivity contribution is 7.89. The molecular weight excluding hydrogens is 446 g/mol. The van der Waals surface area contributed by atoms with Gasteiger partial charge in [0.15, 0.2) is 0 Å². The number of nitrogens with one attached hydrogen (secondary N) is 2. The third-order valence-electron chi connectivity index (χ3n) is 6.36. The van der Waals surface area contributed by atoms with Crippen LogP contribution in [-0.4, -0.2) is 38.4 Å². The van der Waals surface area contributed by atoms with E-state index in [1.165, 1.54) is 18.4 Å². The van der Waals surface area contributed by atoms with Crippen LogP contribution in [0.5, 0.6) is 0 Å². The molecule has 0 aliphatic carbocycles. The van der Waals surface area contributed by atoms with Gasteiger partial charge in [-0.2, -0.15) is 4.72 Å². The van der Waals surface area contributed by atoms with Crippen LogP contribution in [-0.2, 0) is 27.9 Å². The highest BCUT2D eigenvalue weighted by Crippen LogP contribution is 2.20. The molecule has 3 aromatic rings. The number of likely N-dealkylation sites (tertiary alicyclic amines) is 1. The van der Waals surface area contributed by atoms with Gasteiger partial charge in [0.2, 0.25) is 15.9 Å². The van der Waals surface area contributed by atoms with Gasteiger partial charge in [0.25, 0.3) is 0 Å². The molecule has 0 saturated carbocycles. The number of sulfonamides is 1. The largest absolute Gasteiger partial charge is 0.351 e. The van der Waals surface area contributed by atoms with E-state index in [2.05, 4.69) is 27.1 Å². The van der Waals surface area contributed by atoms with Crippen molar-refractivity contribution in [2.45, 2.75) is 50.7 Å². The fourth-order valence-electron chi connectivity index (χ4n) is 4.32. The van der Waals surface area contributed by atoms with Crippen molar-refractivity contribution in [2.75, 3.05) is 13.1 Å². The number of carbonyl (C=O) groups excluding carboxylic acids is 1. The van der Waals surface area contributed by atoms with E-state index in [-0.39, 0.29) is 16.7 Å². The first-order chi connectivity index (χ1) is 16.3. The van der Waals surface area contributed by atoms with E-state index < -0.39 is 16.1 Å². The van der Waals surface area contributed by atoms with Gasteiger partial charge in [0.1, 0.15) is 6.04 Å². The quantitative estimate of drug-likeness (QED) is 0.485. The van der Waals surface area contributed by atoms with Crippen molar-refractivity contribution in [2.24, 2.45) is 5.92 Å². The summed E-state index contributed by atoms with van der Waals surface area (Å²) >= 11 is 0. The lowest BCUT2D eigenvalue weighted by molar-refractivity contribution is -0.123. The van der Waals surface area contributed by atoms with Gasteiger partial charge in [0.05, 0.1) is 4.90 Å². The molecule has 1 aliphatic rings. The molecule has 1 atom stereocenters. The van der Waals surface area contributed by atoms with E-state index in [0.29, 0.717) is 6.54 Å². The Labute approximate surface area is 202 Å². The SMILES string of the molecule is CC(C)C(NS(=O)(=O)c1ccc2ccccc2c1)C(=O)NCc1ccc(CN2CCCC2)cc1. The molecule has 4 rings (SSSR count). The van der Waals surface area contributed by atoms with Gasteiger partial charge in [-0.15, -0.1) is 0 Å². The fourth-order valence-corrected chi connectivity index (χ4v) is 5.70. The summed E-state index contributed by atoms with van der Waals surface area (Å²) in [6.07, 6.45) is 2.54. The van der Waals surface area contributed by atoms with Gasteiger partial charge in [0, 0.05) is 13.1 Å². The molecule has 1 heterocycles. The number of rotatable bonds is 9. The topological polar surface area (TPSA) is 78.5 Å². The van der Waals surface area contributed by atoms with Crippen molar-refractivity contribution in [1.29, 1.82) is 0 Å². The highest BCUT2D eigenvalue weighted by atomic mass is 32.2. The number of benzene rings is 3. The molecule has 1 saturated heterocycles. The lowest BCUT2D eigenvalue weighted by atomic mass is 10.0. The Kier molecular flexibility index (Phi) is 7.66. The molecule has 0 aromatic heterocycles. The van der Waals surface area contributed by atoms with Gasteiger partial charge in [-0.1, -0.05) is 68.4 Å². The summed E-state index contributed by atoms with van der Waals surface area (Å²) in [5.41, 5.74) is 2.25. The minimum absolute atomic E-state index is 0.151. The summed E-state index contributed by atoms with van der Waals surface area (Å²) in [6, 6.07) is 20.0. The van der Waals surface area contributed by atoms with Gasteiger partial charge in [-0.3, -0.25) is 9.69 Å². The lowest BCUT2D eigenvalue weighted by Crippen LogP contribution is -2.49. The minimum atomic E-state index is -3.86. The number of carbonyl (C=O) groups is 1. The first-order valence-corrected chi connectivity index (χ1v) is 13.4. The fraction of sp³-hybridized carbons (Fsp3) is 0.370. The van der Waals surface area contributed by atoms with Crippen LogP contribution in [0.3, 0.4) is 0 Å². The molecule has 1 unspecified atom stereocenters. The Balaban J connectivity index is 1.38. The summed E-state index contributed by atoms with van der Waals surface area (Å²) in [5.74, 6) is -0.543. The van der Waals surface area contributed by atoms with Crippen molar-refractivity contribution in [3.63, 3.8) is 0 Å². The molecule has 1 fully saturated rings. The third-order valence-corrected chi connectivity index (χ3v) is 7.80. The van der Waals surface area contributed by atoms with Crippen LogP contribution in [0.2, 0.25) is 0 Å². The number of amides is 1. The van der Waals surface area contributed by atoms with Crippen molar-refractivity contribution in [3.8, 4) is 0 Å². The number of fused-ring (bicyclic) bond motifs is 1. The van der Waals surface area contributed by atoms with E-state index in [1.54, 1.807) is 18.2 Å². The normalized spacial score (nSPS) is 15.6. The molecule has 0 spiro atoms. The third kappa shape index (κ3) is 6.03. The van der Waals surface area contributed by atoms with Crippen LogP contribution in [0.15, 0.2) is 71.6 Å². The zero-order valence-electron chi connectivity index (χ0n) is 19.8. The summed E-state index contributed by atoms with van der Waals surface area (Å²) in [4.78, 5) is 15.5. The average molecular weight is 480 g/mol. The molecule has 7 heteroatoms. The minimum Gasteiger partial charge on any atom is -0.351 e. The van der Waals surface area contributed by atoms with Gasteiger partial charge >= 0.3 is 0 Å². The van der Waals surface area contributed by atoms with Gasteiger partial charge in [-0.25, -0.2) is 8.42 Å². The predicted molar refractivity (Wildman–Crippen MR) is 136 cm³/mol. The van der Waals surface area contributed by atoms with Crippen molar-refractivity contribution < 1.29 is 13.2 Å². The van der Waals surface area contributed by atoms with Crippen molar-refractivity contribution >= 4 is 26.7 Å². The highest BCUT2D eigenvalue weighted by Gasteiger charge is 2.28. The second-order valence-electron chi connectivity index (χ2n) is 9.37. The summed E-state index contributed by atoms with van der Waals surface area (Å²) in [7, 11) is -3.86. The first-order valence-electron chi connectivity index (χ1n) is 11.9. The number of nitrogens with zero attached hydrogens (tertiary/aromatic N) is 1. The molecule has 1 aliphatic heterocycles. The zero-order chi connectivity index (χ0) is 24.1. The molecule has 3 aromatic carbocycles. The number of hydrogen-bond acceptors (Lipinski definition) is 4. The molecule has 0 bridgehead atoms. The van der Waals surface area contributed by atoms with Crippen LogP contribution in [0, 0.1) is 5.92 Å². The van der Waals surface area contributed by atoms with E-state index in [4.69, 9.17) is 0 Å². The lowest BCUT2D eigenvalue weighted by Gasteiger charge is -2.22. The standard InChI is InChI=1S/C27H33N3O3S/c1-20(2)26(29-34(32,33)25-14-13-23-7-3-4-8-24(23)17-25)27(31)28-18-21-9-11-22(12-10-21)19-30-15-5-6-16-30/h3-4,7-14,17,20,26,29H,5-6,15-16,18-19H2,1-2H3,(H,28,31). The molecule has 0 radical (unpaired) electrons. The van der Waals surface area contributed by atoms with Crippen LogP contribution in [0.25, 0.3) is 10.8 Å². The maximum Gasteiger partial charge on any atom is 0.241 e. The average Bonchev–Trinajstić information content (AvgIpc) is 3.34. The summed E-state index contributed by atoms with van der Waals surface area (Å²) in [5, 5.41) is 4.70. The monoisotopic (exact) mass is 479 g/mol. The Morgan fingerprint density at radius 3 is 2.24 bits per heavy atom. The Morgan fingerprint density at radius 1 is 0.912 bits per heavy atom.